The number of halogens is 2. The molecule has 1 aromatic carbocycles. The Morgan fingerprint density at radius 1 is 1.08 bits per heavy atom. The predicted octanol–water partition coefficient (Wildman–Crippen LogP) is 1.73. The fourth-order valence-corrected chi connectivity index (χ4v) is 3.81. The van der Waals surface area contributed by atoms with Crippen LogP contribution in [0.1, 0.15) is 42.5 Å². The summed E-state index contributed by atoms with van der Waals surface area (Å²) in [6.45, 7) is 0.325. The zero-order valence-corrected chi connectivity index (χ0v) is 14.0. The second kappa shape index (κ2) is 7.91. The van der Waals surface area contributed by atoms with Crippen molar-refractivity contribution < 1.29 is 18.4 Å². The maximum absolute atomic E-state index is 13.5. The van der Waals surface area contributed by atoms with E-state index >= 15 is 0 Å². The molecule has 25 heavy (non-hydrogen) atoms. The zero-order chi connectivity index (χ0) is 17.8. The fourth-order valence-electron chi connectivity index (χ4n) is 3.81. The van der Waals surface area contributed by atoms with Crippen LogP contribution in [0.4, 0.5) is 8.78 Å². The topological polar surface area (TPSA) is 70.2 Å². The van der Waals surface area contributed by atoms with Crippen LogP contribution in [0.2, 0.25) is 0 Å². The Balaban J connectivity index is 1.41. The number of rotatable bonds is 5. The molecule has 1 saturated heterocycles. The SMILES string of the molecule is O=C(NCCNC(=O)C1CC2CCCCC2N1)c1c(F)cccc1F. The number of nitrogens with one attached hydrogen (secondary N) is 3. The molecule has 5 nitrogen and oxygen atoms in total. The van der Waals surface area contributed by atoms with E-state index in [-0.39, 0.29) is 25.0 Å². The van der Waals surface area contributed by atoms with Crippen molar-refractivity contribution in [3.8, 4) is 0 Å². The van der Waals surface area contributed by atoms with Gasteiger partial charge < -0.3 is 16.0 Å². The minimum atomic E-state index is -0.903. The number of fused-ring (bicyclic) bond motifs is 1. The zero-order valence-electron chi connectivity index (χ0n) is 14.0. The van der Waals surface area contributed by atoms with Gasteiger partial charge in [0.25, 0.3) is 5.91 Å². The van der Waals surface area contributed by atoms with Crippen molar-refractivity contribution in [3.05, 3.63) is 35.4 Å². The van der Waals surface area contributed by atoms with Crippen LogP contribution in [0.3, 0.4) is 0 Å². The maximum Gasteiger partial charge on any atom is 0.257 e. The third-order valence-electron chi connectivity index (χ3n) is 5.08. The Morgan fingerprint density at radius 3 is 2.48 bits per heavy atom. The standard InChI is InChI=1S/C18H23F2N3O2/c19-12-5-3-6-13(20)16(12)18(25)22-9-8-21-17(24)15-10-11-4-1-2-7-14(11)23-15/h3,5-6,11,14-15,23H,1-2,4,7-10H2,(H,21,24)(H,22,25). The highest BCUT2D eigenvalue weighted by molar-refractivity contribution is 5.94. The Kier molecular flexibility index (Phi) is 5.63. The minimum Gasteiger partial charge on any atom is -0.353 e. The third kappa shape index (κ3) is 4.15. The summed E-state index contributed by atoms with van der Waals surface area (Å²) >= 11 is 0. The molecule has 0 spiro atoms. The fraction of sp³-hybridized carbons (Fsp3) is 0.556. The quantitative estimate of drug-likeness (QED) is 0.708. The van der Waals surface area contributed by atoms with E-state index in [0.29, 0.717) is 12.0 Å². The van der Waals surface area contributed by atoms with E-state index in [4.69, 9.17) is 0 Å². The first-order chi connectivity index (χ1) is 12.1. The second-order valence-electron chi connectivity index (χ2n) is 6.75. The van der Waals surface area contributed by atoms with Gasteiger partial charge in [-0.2, -0.15) is 0 Å². The summed E-state index contributed by atoms with van der Waals surface area (Å²) in [6.07, 6.45) is 5.59. The van der Waals surface area contributed by atoms with Gasteiger partial charge >= 0.3 is 0 Å². The molecule has 3 unspecified atom stereocenters. The Hall–Kier alpha value is -2.02. The predicted molar refractivity (Wildman–Crippen MR) is 89.0 cm³/mol. The lowest BCUT2D eigenvalue weighted by molar-refractivity contribution is -0.122. The van der Waals surface area contributed by atoms with E-state index in [2.05, 4.69) is 16.0 Å². The van der Waals surface area contributed by atoms with Gasteiger partial charge in [-0.25, -0.2) is 8.78 Å². The number of carbonyl (C=O) groups excluding carboxylic acids is 2. The van der Waals surface area contributed by atoms with Crippen molar-refractivity contribution in [3.63, 3.8) is 0 Å². The summed E-state index contributed by atoms with van der Waals surface area (Å²) < 4.78 is 27.0. The van der Waals surface area contributed by atoms with E-state index in [1.165, 1.54) is 25.3 Å². The summed E-state index contributed by atoms with van der Waals surface area (Å²) in [5.74, 6) is -2.14. The van der Waals surface area contributed by atoms with Gasteiger partial charge in [-0.15, -0.1) is 0 Å². The van der Waals surface area contributed by atoms with Crippen LogP contribution in [0.5, 0.6) is 0 Å². The third-order valence-corrected chi connectivity index (χ3v) is 5.08. The molecule has 0 aromatic heterocycles. The lowest BCUT2D eigenvalue weighted by Crippen LogP contribution is -2.45. The van der Waals surface area contributed by atoms with Crippen molar-refractivity contribution in [1.82, 2.24) is 16.0 Å². The molecule has 2 fully saturated rings. The first kappa shape index (κ1) is 17.8. The normalized spacial score (nSPS) is 25.3. The van der Waals surface area contributed by atoms with Gasteiger partial charge in [0.1, 0.15) is 17.2 Å². The van der Waals surface area contributed by atoms with Crippen molar-refractivity contribution >= 4 is 11.8 Å². The lowest BCUT2D eigenvalue weighted by Gasteiger charge is -2.24. The van der Waals surface area contributed by atoms with Crippen LogP contribution in [0.15, 0.2) is 18.2 Å². The van der Waals surface area contributed by atoms with Gasteiger partial charge in [0.05, 0.1) is 6.04 Å². The molecule has 3 atom stereocenters. The van der Waals surface area contributed by atoms with Crippen LogP contribution in [0.25, 0.3) is 0 Å². The molecule has 136 valence electrons. The highest BCUT2D eigenvalue weighted by atomic mass is 19.1. The molecule has 3 rings (SSSR count). The number of carbonyl (C=O) groups is 2. The van der Waals surface area contributed by atoms with E-state index in [9.17, 15) is 18.4 Å². The molecule has 1 aromatic rings. The van der Waals surface area contributed by atoms with Crippen molar-refractivity contribution in [2.75, 3.05) is 13.1 Å². The molecule has 1 aliphatic heterocycles. The largest absolute Gasteiger partial charge is 0.353 e. The smallest absolute Gasteiger partial charge is 0.257 e. The molecule has 1 saturated carbocycles. The van der Waals surface area contributed by atoms with Crippen molar-refractivity contribution in [1.29, 1.82) is 0 Å². The van der Waals surface area contributed by atoms with Crippen LogP contribution in [-0.2, 0) is 4.79 Å². The highest BCUT2D eigenvalue weighted by Gasteiger charge is 2.37. The molecule has 2 amide bonds. The summed E-state index contributed by atoms with van der Waals surface area (Å²) in [5.41, 5.74) is -0.602. The molecule has 1 aliphatic carbocycles. The maximum atomic E-state index is 13.5. The second-order valence-corrected chi connectivity index (χ2v) is 6.75. The van der Waals surface area contributed by atoms with Gasteiger partial charge in [0, 0.05) is 19.1 Å². The van der Waals surface area contributed by atoms with E-state index in [1.807, 2.05) is 0 Å². The molecule has 3 N–H and O–H groups in total. The molecule has 7 heteroatoms. The molecular weight excluding hydrogens is 328 g/mol. The monoisotopic (exact) mass is 351 g/mol. The molecular formula is C18H23F2N3O2. The Labute approximate surface area is 145 Å². The van der Waals surface area contributed by atoms with Crippen LogP contribution >= 0.6 is 0 Å². The molecule has 0 bridgehead atoms. The van der Waals surface area contributed by atoms with Crippen molar-refractivity contribution in [2.24, 2.45) is 5.92 Å². The number of amides is 2. The van der Waals surface area contributed by atoms with Gasteiger partial charge in [0.15, 0.2) is 0 Å². The van der Waals surface area contributed by atoms with Gasteiger partial charge in [0.2, 0.25) is 5.91 Å². The lowest BCUT2D eigenvalue weighted by atomic mass is 9.85. The van der Waals surface area contributed by atoms with E-state index < -0.39 is 23.1 Å². The number of hydrogen-bond donors (Lipinski definition) is 3. The number of benzene rings is 1. The van der Waals surface area contributed by atoms with E-state index in [0.717, 1.165) is 25.0 Å². The average Bonchev–Trinajstić information content (AvgIpc) is 3.02. The molecule has 2 aliphatic rings. The average molecular weight is 351 g/mol. The molecule has 1 heterocycles. The first-order valence-corrected chi connectivity index (χ1v) is 8.82. The summed E-state index contributed by atoms with van der Waals surface area (Å²) in [7, 11) is 0. The highest BCUT2D eigenvalue weighted by Crippen LogP contribution is 2.33. The van der Waals surface area contributed by atoms with Crippen LogP contribution in [-0.4, -0.2) is 37.0 Å². The molecule has 0 radical (unpaired) electrons. The van der Waals surface area contributed by atoms with Gasteiger partial charge in [-0.3, -0.25) is 9.59 Å². The van der Waals surface area contributed by atoms with Crippen LogP contribution in [0, 0.1) is 17.6 Å². The summed E-state index contributed by atoms with van der Waals surface area (Å²) in [6, 6.07) is 3.52. The van der Waals surface area contributed by atoms with Crippen LogP contribution < -0.4 is 16.0 Å². The van der Waals surface area contributed by atoms with Gasteiger partial charge in [-0.05, 0) is 37.3 Å². The Bertz CT molecular complexity index is 619. The summed E-state index contributed by atoms with van der Waals surface area (Å²) in [5, 5.41) is 8.57. The minimum absolute atomic E-state index is 0.0827. The van der Waals surface area contributed by atoms with Gasteiger partial charge in [-0.1, -0.05) is 18.9 Å². The number of hydrogen-bond acceptors (Lipinski definition) is 3. The van der Waals surface area contributed by atoms with E-state index in [1.54, 1.807) is 0 Å². The first-order valence-electron chi connectivity index (χ1n) is 8.82. The summed E-state index contributed by atoms with van der Waals surface area (Å²) in [4.78, 5) is 24.0. The van der Waals surface area contributed by atoms with Crippen molar-refractivity contribution in [2.45, 2.75) is 44.2 Å². The Morgan fingerprint density at radius 2 is 1.76 bits per heavy atom.